The van der Waals surface area contributed by atoms with Crippen LogP contribution in [0.1, 0.15) is 25.3 Å². The van der Waals surface area contributed by atoms with E-state index in [9.17, 15) is 9.59 Å². The van der Waals surface area contributed by atoms with E-state index in [2.05, 4.69) is 13.8 Å². The van der Waals surface area contributed by atoms with Crippen molar-refractivity contribution in [2.75, 3.05) is 13.6 Å². The van der Waals surface area contributed by atoms with Crippen LogP contribution in [0.5, 0.6) is 5.75 Å². The zero-order valence-electron chi connectivity index (χ0n) is 10.8. The molecule has 1 aromatic carbocycles. The van der Waals surface area contributed by atoms with Crippen LogP contribution in [-0.4, -0.2) is 30.5 Å². The van der Waals surface area contributed by atoms with Crippen molar-refractivity contribution in [3.05, 3.63) is 29.8 Å². The van der Waals surface area contributed by atoms with Gasteiger partial charge in [-0.3, -0.25) is 0 Å². The second-order valence-electron chi connectivity index (χ2n) is 4.40. The van der Waals surface area contributed by atoms with E-state index in [-0.39, 0.29) is 6.54 Å². The minimum atomic E-state index is -0.664. The molecule has 18 heavy (non-hydrogen) atoms. The Kier molecular flexibility index (Phi) is 4.71. The van der Waals surface area contributed by atoms with Crippen molar-refractivity contribution in [1.29, 1.82) is 0 Å². The fourth-order valence-electron chi connectivity index (χ4n) is 1.37. The molecule has 0 radical (unpaired) electrons. The van der Waals surface area contributed by atoms with Gasteiger partial charge in [0, 0.05) is 7.05 Å². The highest BCUT2D eigenvalue weighted by atomic mass is 16.5. The summed E-state index contributed by atoms with van der Waals surface area (Å²) in [6.45, 7) is 3.95. The fourth-order valence-corrected chi connectivity index (χ4v) is 1.37. The van der Waals surface area contributed by atoms with Gasteiger partial charge in [-0.1, -0.05) is 26.0 Å². The molecule has 5 nitrogen and oxygen atoms in total. The van der Waals surface area contributed by atoms with Crippen molar-refractivity contribution in [3.8, 4) is 5.75 Å². The molecule has 0 saturated carbocycles. The monoisotopic (exact) mass is 250 g/mol. The summed E-state index contributed by atoms with van der Waals surface area (Å²) in [5, 5.41) is 0. The van der Waals surface area contributed by atoms with Gasteiger partial charge in [0.15, 0.2) is 0 Å². The number of nitrogens with zero attached hydrogens (tertiary/aromatic N) is 1. The molecule has 0 atom stereocenters. The van der Waals surface area contributed by atoms with E-state index < -0.39 is 12.0 Å². The van der Waals surface area contributed by atoms with E-state index in [0.29, 0.717) is 11.7 Å². The van der Waals surface area contributed by atoms with Gasteiger partial charge in [0.05, 0.1) is 0 Å². The molecule has 5 heteroatoms. The molecule has 1 rings (SSSR count). The minimum absolute atomic E-state index is 0.165. The van der Waals surface area contributed by atoms with Crippen LogP contribution >= 0.6 is 0 Å². The minimum Gasteiger partial charge on any atom is -0.425 e. The number of benzene rings is 1. The maximum absolute atomic E-state index is 11.5. The normalized spacial score (nSPS) is 10.2. The summed E-state index contributed by atoms with van der Waals surface area (Å²) >= 11 is 0. The first-order valence-electron chi connectivity index (χ1n) is 5.71. The Hall–Kier alpha value is -2.04. The van der Waals surface area contributed by atoms with Crippen LogP contribution in [0.2, 0.25) is 0 Å². The van der Waals surface area contributed by atoms with E-state index in [1.807, 2.05) is 18.2 Å². The third kappa shape index (κ3) is 4.08. The second kappa shape index (κ2) is 6.05. The van der Waals surface area contributed by atoms with Crippen molar-refractivity contribution in [2.45, 2.75) is 19.8 Å². The summed E-state index contributed by atoms with van der Waals surface area (Å²) in [5.41, 5.74) is 6.11. The van der Waals surface area contributed by atoms with E-state index in [4.69, 9.17) is 10.5 Å². The Bertz CT molecular complexity index is 444. The predicted octanol–water partition coefficient (Wildman–Crippen LogP) is 1.73. The Morgan fingerprint density at radius 1 is 1.39 bits per heavy atom. The third-order valence-corrected chi connectivity index (χ3v) is 2.50. The Morgan fingerprint density at radius 2 is 2.06 bits per heavy atom. The van der Waals surface area contributed by atoms with Crippen LogP contribution in [-0.2, 0) is 4.79 Å². The molecule has 0 aromatic heterocycles. The zero-order chi connectivity index (χ0) is 13.7. The number of primary amides is 1. The molecule has 0 fully saturated rings. The van der Waals surface area contributed by atoms with E-state index >= 15 is 0 Å². The van der Waals surface area contributed by atoms with Gasteiger partial charge in [0.2, 0.25) is 0 Å². The van der Waals surface area contributed by atoms with E-state index in [0.717, 1.165) is 10.5 Å². The van der Waals surface area contributed by atoms with Crippen LogP contribution < -0.4 is 10.5 Å². The molecule has 0 aliphatic rings. The summed E-state index contributed by atoms with van der Waals surface area (Å²) in [5.74, 6) is 0.318. The van der Waals surface area contributed by atoms with Crippen LogP contribution in [0.15, 0.2) is 24.3 Å². The zero-order valence-corrected chi connectivity index (χ0v) is 10.8. The van der Waals surface area contributed by atoms with Crippen LogP contribution in [0.25, 0.3) is 0 Å². The quantitative estimate of drug-likeness (QED) is 0.653. The first kappa shape index (κ1) is 14.0. The number of rotatable bonds is 4. The number of amides is 2. The molecule has 2 amide bonds. The number of hydrogen-bond donors (Lipinski definition) is 1. The van der Waals surface area contributed by atoms with Crippen molar-refractivity contribution in [3.63, 3.8) is 0 Å². The second-order valence-corrected chi connectivity index (χ2v) is 4.40. The van der Waals surface area contributed by atoms with Crippen molar-refractivity contribution in [1.82, 2.24) is 4.90 Å². The lowest BCUT2D eigenvalue weighted by Gasteiger charge is -2.13. The lowest BCUT2D eigenvalue weighted by atomic mass is 10.0. The molecule has 0 bridgehead atoms. The van der Waals surface area contributed by atoms with Gasteiger partial charge in [-0.05, 0) is 23.6 Å². The topological polar surface area (TPSA) is 72.6 Å². The number of carbonyl (C=O) groups is 2. The highest BCUT2D eigenvalue weighted by Gasteiger charge is 2.12. The lowest BCUT2D eigenvalue weighted by Crippen LogP contribution is -2.37. The SMILES string of the molecule is CC(C)c1cccc(OC(=O)CN(C)C(N)=O)c1. The number of ether oxygens (including phenoxy) is 1. The first-order valence-corrected chi connectivity index (χ1v) is 5.71. The largest absolute Gasteiger partial charge is 0.425 e. The summed E-state index contributed by atoms with van der Waals surface area (Å²) in [6, 6.07) is 6.65. The molecule has 1 aromatic rings. The first-order chi connectivity index (χ1) is 8.40. The standard InChI is InChI=1S/C13H18N2O3/c1-9(2)10-5-4-6-11(7-10)18-12(16)8-15(3)13(14)17/h4-7,9H,8H2,1-3H3,(H2,14,17). The molecule has 2 N–H and O–H groups in total. The molecule has 0 saturated heterocycles. The average molecular weight is 250 g/mol. The number of hydrogen-bond acceptors (Lipinski definition) is 3. The molecule has 0 spiro atoms. The van der Waals surface area contributed by atoms with E-state index in [1.54, 1.807) is 6.07 Å². The van der Waals surface area contributed by atoms with Crippen LogP contribution in [0.4, 0.5) is 4.79 Å². The van der Waals surface area contributed by atoms with Crippen LogP contribution in [0, 0.1) is 0 Å². The van der Waals surface area contributed by atoms with Gasteiger partial charge in [-0.15, -0.1) is 0 Å². The molecular formula is C13H18N2O3. The molecule has 0 heterocycles. The fraction of sp³-hybridized carbons (Fsp3) is 0.385. The number of carbonyl (C=O) groups excluding carboxylic acids is 2. The summed E-state index contributed by atoms with van der Waals surface area (Å²) < 4.78 is 5.14. The summed E-state index contributed by atoms with van der Waals surface area (Å²) in [4.78, 5) is 23.4. The molecule has 98 valence electrons. The van der Waals surface area contributed by atoms with Gasteiger partial charge in [-0.25, -0.2) is 9.59 Å². The number of esters is 1. The van der Waals surface area contributed by atoms with Gasteiger partial charge < -0.3 is 15.4 Å². The predicted molar refractivity (Wildman–Crippen MR) is 68.4 cm³/mol. The molecular weight excluding hydrogens is 232 g/mol. The number of urea groups is 1. The maximum Gasteiger partial charge on any atom is 0.331 e. The Labute approximate surface area is 107 Å². The summed E-state index contributed by atoms with van der Waals surface area (Å²) in [6.07, 6.45) is 0. The maximum atomic E-state index is 11.5. The van der Waals surface area contributed by atoms with Crippen molar-refractivity contribution < 1.29 is 14.3 Å². The van der Waals surface area contributed by atoms with Gasteiger partial charge in [0.25, 0.3) is 0 Å². The summed E-state index contributed by atoms with van der Waals surface area (Å²) in [7, 11) is 1.44. The van der Waals surface area contributed by atoms with Crippen molar-refractivity contribution >= 4 is 12.0 Å². The Morgan fingerprint density at radius 3 is 2.61 bits per heavy atom. The molecule has 0 aliphatic carbocycles. The van der Waals surface area contributed by atoms with E-state index in [1.165, 1.54) is 7.05 Å². The highest BCUT2D eigenvalue weighted by Crippen LogP contribution is 2.20. The van der Waals surface area contributed by atoms with Crippen LogP contribution in [0.3, 0.4) is 0 Å². The third-order valence-electron chi connectivity index (χ3n) is 2.50. The van der Waals surface area contributed by atoms with Gasteiger partial charge in [-0.2, -0.15) is 0 Å². The number of nitrogens with two attached hydrogens (primary N) is 1. The molecule has 0 aliphatic heterocycles. The molecule has 0 unspecified atom stereocenters. The van der Waals surface area contributed by atoms with Gasteiger partial charge in [0.1, 0.15) is 12.3 Å². The van der Waals surface area contributed by atoms with Crippen molar-refractivity contribution in [2.24, 2.45) is 5.73 Å². The number of likely N-dealkylation sites (N-methyl/N-ethyl adjacent to an activating group) is 1. The average Bonchev–Trinajstić information content (AvgIpc) is 2.28. The Balaban J connectivity index is 2.64. The highest BCUT2D eigenvalue weighted by molar-refractivity contribution is 5.80. The smallest absolute Gasteiger partial charge is 0.331 e. The lowest BCUT2D eigenvalue weighted by molar-refractivity contribution is -0.134. The van der Waals surface area contributed by atoms with Gasteiger partial charge >= 0.3 is 12.0 Å².